The molecule has 1 atom stereocenters. The van der Waals surface area contributed by atoms with Crippen molar-refractivity contribution in [2.75, 3.05) is 19.0 Å². The fourth-order valence-electron chi connectivity index (χ4n) is 3.20. The summed E-state index contributed by atoms with van der Waals surface area (Å²) < 4.78 is 5.14. The van der Waals surface area contributed by atoms with Crippen molar-refractivity contribution in [3.8, 4) is 5.75 Å². The maximum absolute atomic E-state index is 12.7. The smallest absolute Gasteiger partial charge is 0.241 e. The minimum Gasteiger partial charge on any atom is -0.497 e. The molecule has 25 heavy (non-hydrogen) atoms. The number of nitrogens with zero attached hydrogens (tertiary/aromatic N) is 1. The van der Waals surface area contributed by atoms with E-state index in [1.165, 1.54) is 0 Å². The fraction of sp³-hybridized carbons (Fsp3) is 0.350. The van der Waals surface area contributed by atoms with Crippen molar-refractivity contribution in [1.82, 2.24) is 4.90 Å². The number of ether oxygens (including phenoxy) is 1. The van der Waals surface area contributed by atoms with E-state index >= 15 is 0 Å². The molecule has 1 heterocycles. The first-order chi connectivity index (χ1) is 12.2. The molecule has 1 saturated heterocycles. The number of nitrogens with one attached hydrogen (secondary N) is 1. The minimum absolute atomic E-state index is 0.0367. The van der Waals surface area contributed by atoms with E-state index in [-0.39, 0.29) is 18.6 Å². The third-order valence-corrected chi connectivity index (χ3v) is 4.62. The van der Waals surface area contributed by atoms with Gasteiger partial charge in [0, 0.05) is 12.2 Å². The SMILES string of the molecule is COc1ccc(NC(=O)C2CCCN2Cc2ccc(CO)cc2)cc1. The summed E-state index contributed by atoms with van der Waals surface area (Å²) in [6.07, 6.45) is 1.89. The lowest BCUT2D eigenvalue weighted by molar-refractivity contribution is -0.120. The first-order valence-corrected chi connectivity index (χ1v) is 8.57. The first kappa shape index (κ1) is 17.5. The monoisotopic (exact) mass is 340 g/mol. The molecule has 1 unspecified atom stereocenters. The normalized spacial score (nSPS) is 17.4. The number of aliphatic hydroxyl groups is 1. The summed E-state index contributed by atoms with van der Waals surface area (Å²) in [7, 11) is 1.62. The fourth-order valence-corrected chi connectivity index (χ4v) is 3.20. The number of likely N-dealkylation sites (tertiary alicyclic amines) is 1. The topological polar surface area (TPSA) is 61.8 Å². The van der Waals surface area contributed by atoms with Crippen LogP contribution in [-0.4, -0.2) is 35.6 Å². The number of carbonyl (C=O) groups is 1. The lowest BCUT2D eigenvalue weighted by atomic mass is 10.1. The zero-order valence-corrected chi connectivity index (χ0v) is 14.4. The maximum Gasteiger partial charge on any atom is 0.241 e. The van der Waals surface area contributed by atoms with Crippen molar-refractivity contribution in [3.63, 3.8) is 0 Å². The Morgan fingerprint density at radius 3 is 2.48 bits per heavy atom. The van der Waals surface area contributed by atoms with Crippen molar-refractivity contribution in [1.29, 1.82) is 0 Å². The minimum atomic E-state index is -0.111. The number of rotatable bonds is 6. The average molecular weight is 340 g/mol. The van der Waals surface area contributed by atoms with Gasteiger partial charge in [0.05, 0.1) is 19.8 Å². The number of carbonyl (C=O) groups excluding carboxylic acids is 1. The molecule has 1 fully saturated rings. The van der Waals surface area contributed by atoms with Crippen LogP contribution >= 0.6 is 0 Å². The highest BCUT2D eigenvalue weighted by Gasteiger charge is 2.30. The number of anilines is 1. The van der Waals surface area contributed by atoms with E-state index in [0.29, 0.717) is 0 Å². The molecule has 132 valence electrons. The average Bonchev–Trinajstić information content (AvgIpc) is 3.11. The van der Waals surface area contributed by atoms with Crippen LogP contribution in [0.4, 0.5) is 5.69 Å². The van der Waals surface area contributed by atoms with Crippen molar-refractivity contribution >= 4 is 11.6 Å². The molecule has 0 radical (unpaired) electrons. The molecule has 2 aromatic carbocycles. The molecule has 1 amide bonds. The molecule has 5 heteroatoms. The number of methoxy groups -OCH3 is 1. The van der Waals surface area contributed by atoms with Crippen LogP contribution in [0.3, 0.4) is 0 Å². The van der Waals surface area contributed by atoms with Crippen LogP contribution < -0.4 is 10.1 Å². The van der Waals surface area contributed by atoms with Gasteiger partial charge in [-0.15, -0.1) is 0 Å². The number of benzene rings is 2. The Kier molecular flexibility index (Phi) is 5.68. The van der Waals surface area contributed by atoms with Gasteiger partial charge in [-0.2, -0.15) is 0 Å². The molecule has 0 bridgehead atoms. The summed E-state index contributed by atoms with van der Waals surface area (Å²) in [5.74, 6) is 0.807. The molecule has 5 nitrogen and oxygen atoms in total. The van der Waals surface area contributed by atoms with E-state index in [1.807, 2.05) is 48.5 Å². The molecule has 0 saturated carbocycles. The van der Waals surface area contributed by atoms with Gasteiger partial charge in [-0.25, -0.2) is 0 Å². The van der Waals surface area contributed by atoms with Crippen LogP contribution in [0.25, 0.3) is 0 Å². The molecule has 0 aliphatic carbocycles. The highest BCUT2D eigenvalue weighted by Crippen LogP contribution is 2.22. The summed E-state index contributed by atoms with van der Waals surface area (Å²) in [4.78, 5) is 14.9. The molecule has 1 aliphatic heterocycles. The zero-order valence-electron chi connectivity index (χ0n) is 14.4. The van der Waals surface area contributed by atoms with Crippen LogP contribution in [-0.2, 0) is 17.9 Å². The second kappa shape index (κ2) is 8.14. The summed E-state index contributed by atoms with van der Waals surface area (Å²) in [5.41, 5.74) is 2.84. The van der Waals surface area contributed by atoms with E-state index in [2.05, 4.69) is 10.2 Å². The molecule has 2 aromatic rings. The summed E-state index contributed by atoms with van der Waals surface area (Å²) >= 11 is 0. The van der Waals surface area contributed by atoms with Gasteiger partial charge in [0.25, 0.3) is 0 Å². The van der Waals surface area contributed by atoms with E-state index in [0.717, 1.165) is 48.5 Å². The van der Waals surface area contributed by atoms with Gasteiger partial charge in [-0.1, -0.05) is 24.3 Å². The lowest BCUT2D eigenvalue weighted by Crippen LogP contribution is -2.39. The van der Waals surface area contributed by atoms with Gasteiger partial charge in [-0.3, -0.25) is 9.69 Å². The van der Waals surface area contributed by atoms with Gasteiger partial charge >= 0.3 is 0 Å². The van der Waals surface area contributed by atoms with Gasteiger partial charge in [0.2, 0.25) is 5.91 Å². The van der Waals surface area contributed by atoms with Crippen LogP contribution in [0.2, 0.25) is 0 Å². The van der Waals surface area contributed by atoms with Gasteiger partial charge in [0.1, 0.15) is 5.75 Å². The Morgan fingerprint density at radius 1 is 1.16 bits per heavy atom. The van der Waals surface area contributed by atoms with Crippen molar-refractivity contribution in [3.05, 3.63) is 59.7 Å². The van der Waals surface area contributed by atoms with Crippen molar-refractivity contribution in [2.45, 2.75) is 32.0 Å². The van der Waals surface area contributed by atoms with Crippen molar-refractivity contribution < 1.29 is 14.6 Å². The second-order valence-corrected chi connectivity index (χ2v) is 6.32. The van der Waals surface area contributed by atoms with E-state index < -0.39 is 0 Å². The summed E-state index contributed by atoms with van der Waals surface area (Å²) in [6.45, 7) is 1.71. The second-order valence-electron chi connectivity index (χ2n) is 6.32. The van der Waals surface area contributed by atoms with E-state index in [9.17, 15) is 4.79 Å². The number of hydrogen-bond acceptors (Lipinski definition) is 4. The molecular formula is C20H24N2O3. The van der Waals surface area contributed by atoms with Gasteiger partial charge in [0.15, 0.2) is 0 Å². The standard InChI is InChI=1S/C20H24N2O3/c1-25-18-10-8-17(9-11-18)21-20(24)19-3-2-12-22(19)13-15-4-6-16(14-23)7-5-15/h4-11,19,23H,2-3,12-14H2,1H3,(H,21,24). The Balaban J connectivity index is 1.62. The Bertz CT molecular complexity index is 698. The molecule has 0 aromatic heterocycles. The van der Waals surface area contributed by atoms with Crippen LogP contribution in [0, 0.1) is 0 Å². The summed E-state index contributed by atoms with van der Waals surface area (Å²) in [6, 6.07) is 15.2. The maximum atomic E-state index is 12.7. The first-order valence-electron chi connectivity index (χ1n) is 8.57. The van der Waals surface area contributed by atoms with Crippen LogP contribution in [0.5, 0.6) is 5.75 Å². The third-order valence-electron chi connectivity index (χ3n) is 4.62. The van der Waals surface area contributed by atoms with E-state index in [4.69, 9.17) is 9.84 Å². The van der Waals surface area contributed by atoms with Crippen molar-refractivity contribution in [2.24, 2.45) is 0 Å². The zero-order chi connectivity index (χ0) is 17.6. The predicted octanol–water partition coefficient (Wildman–Crippen LogP) is 2.79. The Labute approximate surface area is 148 Å². The van der Waals surface area contributed by atoms with Crippen LogP contribution in [0.15, 0.2) is 48.5 Å². The lowest BCUT2D eigenvalue weighted by Gasteiger charge is -2.24. The third kappa shape index (κ3) is 4.38. The van der Waals surface area contributed by atoms with Crippen LogP contribution in [0.1, 0.15) is 24.0 Å². The molecule has 2 N–H and O–H groups in total. The summed E-state index contributed by atoms with van der Waals surface area (Å²) in [5, 5.41) is 12.1. The largest absolute Gasteiger partial charge is 0.497 e. The number of aliphatic hydroxyl groups excluding tert-OH is 1. The predicted molar refractivity (Wildman–Crippen MR) is 97.4 cm³/mol. The molecule has 0 spiro atoms. The number of amides is 1. The Morgan fingerprint density at radius 2 is 1.84 bits per heavy atom. The van der Waals surface area contributed by atoms with E-state index in [1.54, 1.807) is 7.11 Å². The molecular weight excluding hydrogens is 316 g/mol. The molecule has 1 aliphatic rings. The van der Waals surface area contributed by atoms with Gasteiger partial charge in [-0.05, 0) is 54.8 Å². The Hall–Kier alpha value is -2.37. The number of hydrogen-bond donors (Lipinski definition) is 2. The quantitative estimate of drug-likeness (QED) is 0.849. The molecule has 3 rings (SSSR count). The van der Waals surface area contributed by atoms with Gasteiger partial charge < -0.3 is 15.2 Å². The highest BCUT2D eigenvalue weighted by molar-refractivity contribution is 5.95. The highest BCUT2D eigenvalue weighted by atomic mass is 16.5.